The van der Waals surface area contributed by atoms with Gasteiger partial charge in [0, 0.05) is 35.8 Å². The lowest BCUT2D eigenvalue weighted by Gasteiger charge is -2.25. The van der Waals surface area contributed by atoms with Crippen LogP contribution in [0.1, 0.15) is 41.8 Å². The Kier molecular flexibility index (Phi) is 5.44. The van der Waals surface area contributed by atoms with Crippen molar-refractivity contribution in [3.05, 3.63) is 52.0 Å². The summed E-state index contributed by atoms with van der Waals surface area (Å²) in [5, 5.41) is 2.08. The third kappa shape index (κ3) is 4.41. The van der Waals surface area contributed by atoms with Gasteiger partial charge in [-0.2, -0.15) is 0 Å². The monoisotopic (exact) mass is 328 g/mol. The number of hydrogen-bond acceptors (Lipinski definition) is 3. The van der Waals surface area contributed by atoms with Crippen LogP contribution in [0.5, 0.6) is 0 Å². The molecule has 3 heterocycles. The van der Waals surface area contributed by atoms with Gasteiger partial charge in [-0.1, -0.05) is 6.07 Å². The zero-order valence-electron chi connectivity index (χ0n) is 13.7. The predicted molar refractivity (Wildman–Crippen MR) is 94.7 cm³/mol. The fourth-order valence-corrected chi connectivity index (χ4v) is 4.09. The lowest BCUT2D eigenvalue weighted by molar-refractivity contribution is -0.132. The van der Waals surface area contributed by atoms with Gasteiger partial charge in [0.05, 0.1) is 0 Å². The Balaban J connectivity index is 1.51. The second kappa shape index (κ2) is 7.73. The van der Waals surface area contributed by atoms with Crippen LogP contribution in [0.2, 0.25) is 0 Å². The molecule has 4 heteroatoms. The average molecular weight is 328 g/mol. The molecule has 1 saturated heterocycles. The van der Waals surface area contributed by atoms with Crippen molar-refractivity contribution >= 4 is 17.2 Å². The number of aryl methyl sites for hydroxylation is 3. The van der Waals surface area contributed by atoms with Crippen molar-refractivity contribution in [1.82, 2.24) is 9.88 Å². The van der Waals surface area contributed by atoms with Gasteiger partial charge in [-0.15, -0.1) is 11.3 Å². The maximum Gasteiger partial charge on any atom is 0.223 e. The lowest BCUT2D eigenvalue weighted by atomic mass is 10.0. The highest BCUT2D eigenvalue weighted by Crippen LogP contribution is 2.23. The zero-order valence-corrected chi connectivity index (χ0v) is 14.5. The fourth-order valence-electron chi connectivity index (χ4n) is 3.39. The molecule has 0 unspecified atom stereocenters. The van der Waals surface area contributed by atoms with E-state index in [-0.39, 0.29) is 0 Å². The number of hydrogen-bond donors (Lipinski definition) is 0. The molecule has 1 atom stereocenters. The zero-order chi connectivity index (χ0) is 16.1. The van der Waals surface area contributed by atoms with Crippen LogP contribution in [-0.4, -0.2) is 28.4 Å². The summed E-state index contributed by atoms with van der Waals surface area (Å²) in [6.07, 6.45) is 7.79. The van der Waals surface area contributed by atoms with Crippen LogP contribution in [0.4, 0.5) is 0 Å². The predicted octanol–water partition coefficient (Wildman–Crippen LogP) is 4.01. The van der Waals surface area contributed by atoms with Gasteiger partial charge in [0.15, 0.2) is 0 Å². The first kappa shape index (κ1) is 16.2. The molecular formula is C19H24N2OS. The fraction of sp³-hybridized carbons (Fsp3) is 0.474. The maximum atomic E-state index is 12.5. The van der Waals surface area contributed by atoms with Crippen molar-refractivity contribution in [3.63, 3.8) is 0 Å². The molecule has 3 nitrogen and oxygen atoms in total. The molecule has 3 rings (SSSR count). The van der Waals surface area contributed by atoms with Crippen LogP contribution < -0.4 is 0 Å². The van der Waals surface area contributed by atoms with Crippen molar-refractivity contribution in [2.45, 2.75) is 51.5 Å². The smallest absolute Gasteiger partial charge is 0.223 e. The highest BCUT2D eigenvalue weighted by molar-refractivity contribution is 7.09. The topological polar surface area (TPSA) is 33.2 Å². The third-order valence-electron chi connectivity index (χ3n) is 4.59. The normalized spacial score (nSPS) is 17.6. The van der Waals surface area contributed by atoms with E-state index in [1.165, 1.54) is 10.4 Å². The van der Waals surface area contributed by atoms with Crippen molar-refractivity contribution in [3.8, 4) is 0 Å². The number of pyridine rings is 1. The summed E-state index contributed by atoms with van der Waals surface area (Å²) in [5.41, 5.74) is 2.40. The molecule has 1 fully saturated rings. The van der Waals surface area contributed by atoms with E-state index in [0.717, 1.165) is 44.3 Å². The minimum atomic E-state index is 0.326. The second-order valence-corrected chi connectivity index (χ2v) is 7.34. The SMILES string of the molecule is Cc1cc(CC[C@@H]2CCCN2C(=O)CCc2cccs2)ccn1. The van der Waals surface area contributed by atoms with E-state index in [4.69, 9.17) is 0 Å². The molecule has 0 spiro atoms. The van der Waals surface area contributed by atoms with Crippen LogP contribution in [0.25, 0.3) is 0 Å². The van der Waals surface area contributed by atoms with Gasteiger partial charge in [-0.3, -0.25) is 9.78 Å². The molecular weight excluding hydrogens is 304 g/mol. The van der Waals surface area contributed by atoms with Gasteiger partial charge < -0.3 is 4.90 Å². The Bertz CT molecular complexity index is 639. The standard InChI is InChI=1S/C19H24N2OS/c1-15-14-16(10-11-20-15)6-7-17-4-2-12-21(17)19(22)9-8-18-5-3-13-23-18/h3,5,10-11,13-14,17H,2,4,6-9,12H2,1H3/t17-/m0/s1. The van der Waals surface area contributed by atoms with E-state index in [2.05, 4.69) is 39.5 Å². The quantitative estimate of drug-likeness (QED) is 0.803. The Labute approximate surface area is 142 Å². The van der Waals surface area contributed by atoms with Crippen LogP contribution in [0.3, 0.4) is 0 Å². The molecule has 2 aromatic heterocycles. The first-order valence-electron chi connectivity index (χ1n) is 8.46. The van der Waals surface area contributed by atoms with E-state index in [1.807, 2.05) is 13.1 Å². The van der Waals surface area contributed by atoms with E-state index >= 15 is 0 Å². The van der Waals surface area contributed by atoms with Gasteiger partial charge >= 0.3 is 0 Å². The van der Waals surface area contributed by atoms with Crippen molar-refractivity contribution in [1.29, 1.82) is 0 Å². The van der Waals surface area contributed by atoms with Gasteiger partial charge in [-0.05, 0) is 68.2 Å². The molecule has 0 bridgehead atoms. The molecule has 1 aliphatic heterocycles. The number of nitrogens with zero attached hydrogens (tertiary/aromatic N) is 2. The number of amides is 1. The van der Waals surface area contributed by atoms with Crippen LogP contribution >= 0.6 is 11.3 Å². The molecule has 122 valence electrons. The average Bonchev–Trinajstić information content (AvgIpc) is 3.22. The van der Waals surface area contributed by atoms with Crippen molar-refractivity contribution in [2.75, 3.05) is 6.54 Å². The molecule has 0 N–H and O–H groups in total. The Morgan fingerprint density at radius 3 is 3.09 bits per heavy atom. The highest BCUT2D eigenvalue weighted by atomic mass is 32.1. The molecule has 2 aromatic rings. The van der Waals surface area contributed by atoms with E-state index in [1.54, 1.807) is 11.3 Å². The van der Waals surface area contributed by atoms with Gasteiger partial charge in [0.2, 0.25) is 5.91 Å². The first-order chi connectivity index (χ1) is 11.2. The van der Waals surface area contributed by atoms with Crippen LogP contribution in [0.15, 0.2) is 35.8 Å². The van der Waals surface area contributed by atoms with E-state index in [0.29, 0.717) is 18.4 Å². The number of carbonyl (C=O) groups is 1. The summed E-state index contributed by atoms with van der Waals surface area (Å²) in [4.78, 5) is 20.2. The highest BCUT2D eigenvalue weighted by Gasteiger charge is 2.27. The van der Waals surface area contributed by atoms with Gasteiger partial charge in [0.25, 0.3) is 0 Å². The van der Waals surface area contributed by atoms with Crippen LogP contribution in [-0.2, 0) is 17.6 Å². The summed E-state index contributed by atoms with van der Waals surface area (Å²) >= 11 is 1.74. The maximum absolute atomic E-state index is 12.5. The lowest BCUT2D eigenvalue weighted by Crippen LogP contribution is -2.35. The number of carbonyl (C=O) groups excluding carboxylic acids is 1. The molecule has 0 aromatic carbocycles. The van der Waals surface area contributed by atoms with Crippen molar-refractivity contribution in [2.24, 2.45) is 0 Å². The third-order valence-corrected chi connectivity index (χ3v) is 5.53. The molecule has 0 saturated carbocycles. The first-order valence-corrected chi connectivity index (χ1v) is 9.34. The number of thiophene rings is 1. The summed E-state index contributed by atoms with van der Waals surface area (Å²) in [6.45, 7) is 2.96. The Morgan fingerprint density at radius 1 is 1.39 bits per heavy atom. The molecule has 23 heavy (non-hydrogen) atoms. The molecule has 1 amide bonds. The Hall–Kier alpha value is -1.68. The molecule has 0 radical (unpaired) electrons. The minimum absolute atomic E-state index is 0.326. The Morgan fingerprint density at radius 2 is 2.30 bits per heavy atom. The number of likely N-dealkylation sites (tertiary alicyclic amines) is 1. The van der Waals surface area contributed by atoms with Gasteiger partial charge in [-0.25, -0.2) is 0 Å². The minimum Gasteiger partial charge on any atom is -0.340 e. The summed E-state index contributed by atoms with van der Waals surface area (Å²) < 4.78 is 0. The number of aromatic nitrogens is 1. The number of rotatable bonds is 6. The summed E-state index contributed by atoms with van der Waals surface area (Å²) in [7, 11) is 0. The summed E-state index contributed by atoms with van der Waals surface area (Å²) in [6, 6.07) is 8.83. The van der Waals surface area contributed by atoms with E-state index in [9.17, 15) is 4.79 Å². The van der Waals surface area contributed by atoms with E-state index < -0.39 is 0 Å². The largest absolute Gasteiger partial charge is 0.340 e. The van der Waals surface area contributed by atoms with Gasteiger partial charge in [0.1, 0.15) is 0 Å². The van der Waals surface area contributed by atoms with Crippen molar-refractivity contribution < 1.29 is 4.79 Å². The summed E-state index contributed by atoms with van der Waals surface area (Å²) in [5.74, 6) is 0.326. The molecule has 0 aliphatic carbocycles. The molecule has 1 aliphatic rings. The second-order valence-electron chi connectivity index (χ2n) is 6.31. The van der Waals surface area contributed by atoms with Crippen LogP contribution in [0, 0.1) is 6.92 Å².